The number of carbonyl (C=O) groups excluding carboxylic acids is 3. The maximum absolute atomic E-state index is 12.8. The van der Waals surface area contributed by atoms with E-state index in [0.717, 1.165) is 89.9 Å². The SMILES string of the molecule is CCC/C=C\CCCCCCCC(=O)OCC(COC(=O)CCCCCCCCCCCCCCC/C=C\C/C=C\CCCCCCC)OC(=O)CCCCCCCCC/C=C\C/C=C\CCCCC. The van der Waals surface area contributed by atoms with Gasteiger partial charge in [-0.15, -0.1) is 0 Å². The third-order valence-electron chi connectivity index (χ3n) is 13.2. The van der Waals surface area contributed by atoms with Gasteiger partial charge in [-0.1, -0.05) is 248 Å². The molecule has 406 valence electrons. The Hall–Kier alpha value is -2.89. The summed E-state index contributed by atoms with van der Waals surface area (Å²) < 4.78 is 16.9. The quantitative estimate of drug-likeness (QED) is 0.0261. The van der Waals surface area contributed by atoms with Crippen LogP contribution in [0, 0.1) is 0 Å². The molecule has 0 N–H and O–H groups in total. The van der Waals surface area contributed by atoms with Crippen molar-refractivity contribution in [2.24, 2.45) is 0 Å². The molecule has 0 aromatic heterocycles. The van der Waals surface area contributed by atoms with Crippen molar-refractivity contribution in [2.75, 3.05) is 13.2 Å². The highest BCUT2D eigenvalue weighted by Gasteiger charge is 2.19. The second kappa shape index (κ2) is 58.7. The summed E-state index contributed by atoms with van der Waals surface area (Å²) in [5.74, 6) is -0.888. The molecule has 0 aromatic carbocycles. The minimum atomic E-state index is -0.781. The van der Waals surface area contributed by atoms with Gasteiger partial charge in [0, 0.05) is 19.3 Å². The third-order valence-corrected chi connectivity index (χ3v) is 13.2. The van der Waals surface area contributed by atoms with Crippen LogP contribution in [-0.4, -0.2) is 37.2 Å². The number of hydrogen-bond donors (Lipinski definition) is 0. The van der Waals surface area contributed by atoms with Gasteiger partial charge in [0.05, 0.1) is 0 Å². The normalized spacial score (nSPS) is 12.4. The van der Waals surface area contributed by atoms with Crippen LogP contribution in [0.15, 0.2) is 60.8 Å². The molecule has 1 unspecified atom stereocenters. The van der Waals surface area contributed by atoms with Crippen LogP contribution in [0.5, 0.6) is 0 Å². The van der Waals surface area contributed by atoms with Crippen LogP contribution < -0.4 is 0 Å². The van der Waals surface area contributed by atoms with Gasteiger partial charge in [-0.05, 0) is 103 Å². The van der Waals surface area contributed by atoms with E-state index in [1.165, 1.54) is 180 Å². The highest BCUT2D eigenvalue weighted by Crippen LogP contribution is 2.16. The molecule has 6 heteroatoms. The zero-order valence-electron chi connectivity index (χ0n) is 46.5. The second-order valence-electron chi connectivity index (χ2n) is 20.2. The molecule has 0 spiro atoms. The van der Waals surface area contributed by atoms with Crippen molar-refractivity contribution in [3.8, 4) is 0 Å². The van der Waals surface area contributed by atoms with E-state index in [2.05, 4.69) is 81.5 Å². The fourth-order valence-corrected chi connectivity index (χ4v) is 8.62. The number of hydrogen-bond acceptors (Lipinski definition) is 6. The monoisotopic (exact) mass is 979 g/mol. The Morgan fingerprint density at radius 1 is 0.286 bits per heavy atom. The van der Waals surface area contributed by atoms with E-state index in [4.69, 9.17) is 14.2 Å². The molecule has 0 heterocycles. The van der Waals surface area contributed by atoms with Gasteiger partial charge in [0.1, 0.15) is 13.2 Å². The Morgan fingerprint density at radius 2 is 0.543 bits per heavy atom. The van der Waals surface area contributed by atoms with E-state index in [9.17, 15) is 14.4 Å². The van der Waals surface area contributed by atoms with Gasteiger partial charge >= 0.3 is 17.9 Å². The zero-order chi connectivity index (χ0) is 50.7. The van der Waals surface area contributed by atoms with Crippen LogP contribution in [0.4, 0.5) is 0 Å². The van der Waals surface area contributed by atoms with Crippen LogP contribution in [-0.2, 0) is 28.6 Å². The Bertz CT molecular complexity index is 1260. The summed E-state index contributed by atoms with van der Waals surface area (Å²) in [6.07, 6.45) is 73.7. The van der Waals surface area contributed by atoms with E-state index < -0.39 is 6.10 Å². The highest BCUT2D eigenvalue weighted by molar-refractivity contribution is 5.71. The standard InChI is InChI=1S/C64H114O6/c1-4-7-10-13-16-19-22-24-26-28-29-30-31-32-33-34-35-37-38-40-42-45-48-51-54-57-63(66)69-60-61(59-68-62(65)56-53-50-47-44-21-18-15-12-9-6-3)70-64(67)58-55-52-49-46-43-41-39-36-27-25-23-20-17-14-11-8-5-2/h12,15,17,20,22,24-25,27-29,61H,4-11,13-14,16,18-19,21,23,26,30-60H2,1-3H3/b15-12-,20-17-,24-22-,27-25-,29-28-. The molecule has 0 aliphatic heterocycles. The first-order valence-electron chi connectivity index (χ1n) is 30.3. The Labute approximate surface area is 434 Å². The number of unbranched alkanes of at least 4 members (excludes halogenated alkanes) is 34. The van der Waals surface area contributed by atoms with Crippen molar-refractivity contribution in [2.45, 2.75) is 316 Å². The lowest BCUT2D eigenvalue weighted by molar-refractivity contribution is -0.167. The predicted octanol–water partition coefficient (Wildman–Crippen LogP) is 20.4. The molecule has 0 saturated carbocycles. The Kier molecular flexibility index (Phi) is 56.3. The van der Waals surface area contributed by atoms with Gasteiger partial charge < -0.3 is 14.2 Å². The molecule has 0 bridgehead atoms. The summed E-state index contributed by atoms with van der Waals surface area (Å²) in [6, 6.07) is 0. The summed E-state index contributed by atoms with van der Waals surface area (Å²) >= 11 is 0. The van der Waals surface area contributed by atoms with Crippen molar-refractivity contribution >= 4 is 17.9 Å². The van der Waals surface area contributed by atoms with E-state index >= 15 is 0 Å². The molecule has 70 heavy (non-hydrogen) atoms. The van der Waals surface area contributed by atoms with E-state index in [-0.39, 0.29) is 31.1 Å². The van der Waals surface area contributed by atoms with E-state index in [0.29, 0.717) is 19.3 Å². The van der Waals surface area contributed by atoms with Gasteiger partial charge in [-0.25, -0.2) is 0 Å². The predicted molar refractivity (Wildman–Crippen MR) is 302 cm³/mol. The summed E-state index contributed by atoms with van der Waals surface area (Å²) in [5.41, 5.74) is 0. The molecular formula is C64H114O6. The van der Waals surface area contributed by atoms with E-state index in [1.807, 2.05) is 0 Å². The number of carbonyl (C=O) groups is 3. The second-order valence-corrected chi connectivity index (χ2v) is 20.2. The van der Waals surface area contributed by atoms with Crippen LogP contribution >= 0.6 is 0 Å². The minimum Gasteiger partial charge on any atom is -0.462 e. The van der Waals surface area contributed by atoms with Crippen molar-refractivity contribution in [3.05, 3.63) is 60.8 Å². The van der Waals surface area contributed by atoms with Crippen LogP contribution in [0.1, 0.15) is 310 Å². The van der Waals surface area contributed by atoms with Crippen LogP contribution in [0.2, 0.25) is 0 Å². The Morgan fingerprint density at radius 3 is 0.886 bits per heavy atom. The van der Waals surface area contributed by atoms with Crippen molar-refractivity contribution < 1.29 is 28.6 Å². The first kappa shape index (κ1) is 67.1. The average Bonchev–Trinajstić information content (AvgIpc) is 3.36. The molecule has 1 atom stereocenters. The Balaban J connectivity index is 4.23. The first-order chi connectivity index (χ1) is 34.5. The number of esters is 3. The van der Waals surface area contributed by atoms with Crippen molar-refractivity contribution in [3.63, 3.8) is 0 Å². The molecule has 0 rings (SSSR count). The topological polar surface area (TPSA) is 78.9 Å². The molecule has 0 fully saturated rings. The van der Waals surface area contributed by atoms with Gasteiger partial charge in [0.15, 0.2) is 6.10 Å². The first-order valence-corrected chi connectivity index (χ1v) is 30.3. The number of ether oxygens (including phenoxy) is 3. The van der Waals surface area contributed by atoms with Crippen molar-refractivity contribution in [1.82, 2.24) is 0 Å². The lowest BCUT2D eigenvalue weighted by atomic mass is 10.0. The van der Waals surface area contributed by atoms with Gasteiger partial charge in [-0.3, -0.25) is 14.4 Å². The maximum atomic E-state index is 12.8. The highest BCUT2D eigenvalue weighted by atomic mass is 16.6. The maximum Gasteiger partial charge on any atom is 0.306 e. The summed E-state index contributed by atoms with van der Waals surface area (Å²) in [4.78, 5) is 38.1. The minimum absolute atomic E-state index is 0.0791. The molecule has 0 aliphatic carbocycles. The molecule has 0 aliphatic rings. The van der Waals surface area contributed by atoms with Gasteiger partial charge in [0.25, 0.3) is 0 Å². The molecule has 0 amide bonds. The van der Waals surface area contributed by atoms with Crippen LogP contribution in [0.3, 0.4) is 0 Å². The smallest absolute Gasteiger partial charge is 0.306 e. The van der Waals surface area contributed by atoms with E-state index in [1.54, 1.807) is 0 Å². The molecule has 0 aromatic rings. The lowest BCUT2D eigenvalue weighted by Crippen LogP contribution is -2.30. The largest absolute Gasteiger partial charge is 0.462 e. The lowest BCUT2D eigenvalue weighted by Gasteiger charge is -2.18. The zero-order valence-corrected chi connectivity index (χ0v) is 46.5. The van der Waals surface area contributed by atoms with Gasteiger partial charge in [-0.2, -0.15) is 0 Å². The van der Waals surface area contributed by atoms with Gasteiger partial charge in [0.2, 0.25) is 0 Å². The molecule has 6 nitrogen and oxygen atoms in total. The summed E-state index contributed by atoms with van der Waals surface area (Å²) in [5, 5.41) is 0. The third kappa shape index (κ3) is 56.0. The van der Waals surface area contributed by atoms with Crippen LogP contribution in [0.25, 0.3) is 0 Å². The number of rotatable bonds is 55. The fourth-order valence-electron chi connectivity index (χ4n) is 8.62. The number of allylic oxidation sites excluding steroid dienone is 10. The summed E-state index contributed by atoms with van der Waals surface area (Å²) in [6.45, 7) is 6.56. The van der Waals surface area contributed by atoms with Crippen molar-refractivity contribution in [1.29, 1.82) is 0 Å². The average molecular weight is 980 g/mol. The fraction of sp³-hybridized carbons (Fsp3) is 0.797. The molecular weight excluding hydrogens is 865 g/mol. The molecule has 0 saturated heterocycles. The summed E-state index contributed by atoms with van der Waals surface area (Å²) in [7, 11) is 0. The molecule has 0 radical (unpaired) electrons.